The Hall–Kier alpha value is -2.36. The first-order valence-corrected chi connectivity index (χ1v) is 7.79. The molecule has 1 aliphatic carbocycles. The summed E-state index contributed by atoms with van der Waals surface area (Å²) in [5.41, 5.74) is 2.83. The number of fused-ring (bicyclic) bond motifs is 1. The lowest BCUT2D eigenvalue weighted by molar-refractivity contribution is 0.0910. The lowest BCUT2D eigenvalue weighted by atomic mass is 9.75. The molecule has 4 heteroatoms. The average molecular weight is 311 g/mol. The molecule has 3 rings (SSSR count). The van der Waals surface area contributed by atoms with Gasteiger partial charge in [0, 0.05) is 29.7 Å². The number of ketones is 1. The van der Waals surface area contributed by atoms with Gasteiger partial charge in [0.1, 0.15) is 5.75 Å². The zero-order valence-electron chi connectivity index (χ0n) is 13.7. The SMILES string of the molecule is COc1cccc(Cc2cc3c([nH]c2=O)CC(C)(C)CC3=O)c1. The van der Waals surface area contributed by atoms with E-state index in [1.807, 2.05) is 24.3 Å². The van der Waals surface area contributed by atoms with Gasteiger partial charge in [-0.05, 0) is 35.6 Å². The molecule has 0 radical (unpaired) electrons. The van der Waals surface area contributed by atoms with Crippen molar-refractivity contribution in [2.45, 2.75) is 33.1 Å². The van der Waals surface area contributed by atoms with Gasteiger partial charge in [0.05, 0.1) is 7.11 Å². The second-order valence-corrected chi connectivity index (χ2v) is 6.99. The highest BCUT2D eigenvalue weighted by Crippen LogP contribution is 2.33. The van der Waals surface area contributed by atoms with E-state index in [4.69, 9.17) is 4.74 Å². The number of nitrogens with one attached hydrogen (secondary N) is 1. The van der Waals surface area contributed by atoms with Gasteiger partial charge in [0.2, 0.25) is 0 Å². The standard InChI is InChI=1S/C19H21NO3/c1-19(2)10-16-15(17(21)11-19)9-13(18(22)20-16)7-12-5-4-6-14(8-12)23-3/h4-6,8-9H,7,10-11H2,1-3H3,(H,20,22). The van der Waals surface area contributed by atoms with Crippen LogP contribution in [0.3, 0.4) is 0 Å². The molecule has 0 atom stereocenters. The van der Waals surface area contributed by atoms with Crippen LogP contribution < -0.4 is 10.3 Å². The number of pyridine rings is 1. The molecule has 0 amide bonds. The van der Waals surface area contributed by atoms with Crippen LogP contribution in [0.5, 0.6) is 5.75 Å². The number of carbonyl (C=O) groups is 1. The van der Waals surface area contributed by atoms with E-state index in [-0.39, 0.29) is 16.8 Å². The van der Waals surface area contributed by atoms with Crippen LogP contribution in [0, 0.1) is 5.41 Å². The third kappa shape index (κ3) is 3.21. The third-order valence-corrected chi connectivity index (χ3v) is 4.32. The Balaban J connectivity index is 1.97. The molecule has 2 aromatic rings. The van der Waals surface area contributed by atoms with E-state index in [9.17, 15) is 9.59 Å². The summed E-state index contributed by atoms with van der Waals surface area (Å²) in [6, 6.07) is 9.39. The Kier molecular flexibility index (Phi) is 3.84. The van der Waals surface area contributed by atoms with Gasteiger partial charge in [-0.15, -0.1) is 0 Å². The third-order valence-electron chi connectivity index (χ3n) is 4.32. The molecule has 1 heterocycles. The van der Waals surface area contributed by atoms with Crippen molar-refractivity contribution in [1.82, 2.24) is 4.98 Å². The highest BCUT2D eigenvalue weighted by molar-refractivity contribution is 5.98. The zero-order valence-corrected chi connectivity index (χ0v) is 13.7. The van der Waals surface area contributed by atoms with Crippen LogP contribution in [0.15, 0.2) is 35.1 Å². The fraction of sp³-hybridized carbons (Fsp3) is 0.368. The summed E-state index contributed by atoms with van der Waals surface area (Å²) >= 11 is 0. The number of hydrogen-bond acceptors (Lipinski definition) is 3. The molecular formula is C19H21NO3. The van der Waals surface area contributed by atoms with Crippen molar-refractivity contribution in [3.63, 3.8) is 0 Å². The van der Waals surface area contributed by atoms with Gasteiger partial charge >= 0.3 is 0 Å². The van der Waals surface area contributed by atoms with Crippen LogP contribution in [-0.2, 0) is 12.8 Å². The minimum atomic E-state index is -0.114. The van der Waals surface area contributed by atoms with Gasteiger partial charge in [-0.2, -0.15) is 0 Å². The summed E-state index contributed by atoms with van der Waals surface area (Å²) in [6.07, 6.45) is 1.73. The molecule has 0 bridgehead atoms. The predicted octanol–water partition coefficient (Wildman–Crippen LogP) is 3.13. The zero-order chi connectivity index (χ0) is 16.6. The fourth-order valence-electron chi connectivity index (χ4n) is 3.20. The fourth-order valence-corrected chi connectivity index (χ4v) is 3.20. The van der Waals surface area contributed by atoms with E-state index in [1.54, 1.807) is 13.2 Å². The summed E-state index contributed by atoms with van der Waals surface area (Å²) in [5, 5.41) is 0. The minimum absolute atomic E-state index is 0.0959. The summed E-state index contributed by atoms with van der Waals surface area (Å²) in [7, 11) is 1.62. The molecule has 120 valence electrons. The highest BCUT2D eigenvalue weighted by atomic mass is 16.5. The lowest BCUT2D eigenvalue weighted by Gasteiger charge is -2.29. The number of ether oxygens (including phenoxy) is 1. The van der Waals surface area contributed by atoms with E-state index in [0.29, 0.717) is 24.0 Å². The second-order valence-electron chi connectivity index (χ2n) is 6.99. The van der Waals surface area contributed by atoms with Gasteiger partial charge in [0.25, 0.3) is 5.56 Å². The number of rotatable bonds is 3. The van der Waals surface area contributed by atoms with Crippen molar-refractivity contribution in [2.75, 3.05) is 7.11 Å². The molecule has 1 aliphatic rings. The highest BCUT2D eigenvalue weighted by Gasteiger charge is 2.31. The maximum atomic E-state index is 12.4. The molecule has 1 N–H and O–H groups in total. The molecular weight excluding hydrogens is 290 g/mol. The maximum Gasteiger partial charge on any atom is 0.251 e. The van der Waals surface area contributed by atoms with E-state index in [1.165, 1.54) is 0 Å². The normalized spacial score (nSPS) is 16.0. The van der Waals surface area contributed by atoms with Crippen LogP contribution in [0.4, 0.5) is 0 Å². The van der Waals surface area contributed by atoms with Crippen molar-refractivity contribution in [2.24, 2.45) is 5.41 Å². The largest absolute Gasteiger partial charge is 0.497 e. The average Bonchev–Trinajstić information content (AvgIpc) is 2.48. The second kappa shape index (κ2) is 5.69. The molecule has 1 aromatic carbocycles. The number of H-pyrrole nitrogens is 1. The van der Waals surface area contributed by atoms with Gasteiger partial charge in [0.15, 0.2) is 5.78 Å². The molecule has 0 unspecified atom stereocenters. The molecule has 23 heavy (non-hydrogen) atoms. The smallest absolute Gasteiger partial charge is 0.251 e. The maximum absolute atomic E-state index is 12.4. The Morgan fingerprint density at radius 2 is 1.96 bits per heavy atom. The number of benzene rings is 1. The van der Waals surface area contributed by atoms with Crippen molar-refractivity contribution in [3.8, 4) is 5.75 Å². The number of carbonyl (C=O) groups excluding carboxylic acids is 1. The summed E-state index contributed by atoms with van der Waals surface area (Å²) in [5.74, 6) is 0.870. The van der Waals surface area contributed by atoms with E-state index < -0.39 is 0 Å². The van der Waals surface area contributed by atoms with Gasteiger partial charge < -0.3 is 9.72 Å². The van der Waals surface area contributed by atoms with E-state index >= 15 is 0 Å². The Morgan fingerprint density at radius 3 is 2.70 bits per heavy atom. The monoisotopic (exact) mass is 311 g/mol. The minimum Gasteiger partial charge on any atom is -0.497 e. The lowest BCUT2D eigenvalue weighted by Crippen LogP contribution is -2.31. The van der Waals surface area contributed by atoms with Crippen molar-refractivity contribution < 1.29 is 9.53 Å². The molecule has 0 spiro atoms. The summed E-state index contributed by atoms with van der Waals surface area (Å²) in [4.78, 5) is 27.7. The number of Topliss-reactive ketones (excluding diaryl/α,β-unsaturated/α-hetero) is 1. The Bertz CT molecular complexity index is 818. The number of hydrogen-bond donors (Lipinski definition) is 1. The van der Waals surface area contributed by atoms with Crippen LogP contribution in [0.25, 0.3) is 0 Å². The first-order chi connectivity index (χ1) is 10.9. The summed E-state index contributed by atoms with van der Waals surface area (Å²) in [6.45, 7) is 4.10. The molecule has 0 fully saturated rings. The van der Waals surface area contributed by atoms with Crippen molar-refractivity contribution in [1.29, 1.82) is 0 Å². The first kappa shape index (κ1) is 15.5. The number of aromatic amines is 1. The van der Waals surface area contributed by atoms with E-state index in [2.05, 4.69) is 18.8 Å². The van der Waals surface area contributed by atoms with E-state index in [0.717, 1.165) is 23.4 Å². The molecule has 4 nitrogen and oxygen atoms in total. The molecule has 0 saturated heterocycles. The summed E-state index contributed by atoms with van der Waals surface area (Å²) < 4.78 is 5.21. The predicted molar refractivity (Wildman–Crippen MR) is 89.3 cm³/mol. The molecule has 1 aromatic heterocycles. The van der Waals surface area contributed by atoms with Crippen LogP contribution in [0.1, 0.15) is 47.4 Å². The van der Waals surface area contributed by atoms with Crippen LogP contribution in [-0.4, -0.2) is 17.9 Å². The van der Waals surface area contributed by atoms with Gasteiger partial charge in [-0.3, -0.25) is 9.59 Å². The van der Waals surface area contributed by atoms with Crippen molar-refractivity contribution >= 4 is 5.78 Å². The Labute approximate surface area is 135 Å². The number of methoxy groups -OCH3 is 1. The topological polar surface area (TPSA) is 59.2 Å². The first-order valence-electron chi connectivity index (χ1n) is 7.79. The molecule has 0 aliphatic heterocycles. The van der Waals surface area contributed by atoms with Gasteiger partial charge in [-0.1, -0.05) is 26.0 Å². The Morgan fingerprint density at radius 1 is 1.17 bits per heavy atom. The quantitative estimate of drug-likeness (QED) is 0.947. The van der Waals surface area contributed by atoms with Crippen molar-refractivity contribution in [3.05, 3.63) is 63.1 Å². The van der Waals surface area contributed by atoms with Gasteiger partial charge in [-0.25, -0.2) is 0 Å². The van der Waals surface area contributed by atoms with Crippen LogP contribution in [0.2, 0.25) is 0 Å². The number of aromatic nitrogens is 1. The molecule has 0 saturated carbocycles. The van der Waals surface area contributed by atoms with Crippen LogP contribution >= 0.6 is 0 Å².